The number of rotatable bonds is 8. The number of guanidine groups is 1. The normalized spacial score (nSPS) is 20.0. The van der Waals surface area contributed by atoms with Gasteiger partial charge in [0.05, 0.1) is 20.8 Å². The van der Waals surface area contributed by atoms with Crippen molar-refractivity contribution >= 4 is 29.9 Å². The Hall–Kier alpha value is -1.22. The highest BCUT2D eigenvalue weighted by atomic mass is 127. The van der Waals surface area contributed by atoms with Gasteiger partial charge in [0.25, 0.3) is 0 Å². The third kappa shape index (κ3) is 6.88. The number of aliphatic imine (C=N–C) groups is 1. The minimum Gasteiger partial charge on any atom is -0.493 e. The molecular formula is C24H41IN4O2. The molecule has 176 valence electrons. The SMILES string of the molecule is CCNC(=NCC(C)(C)c1ccc(OC)c(OC)c1)N1CCC(CN2CCCC2)C1.I. The van der Waals surface area contributed by atoms with Gasteiger partial charge in [0.15, 0.2) is 17.5 Å². The van der Waals surface area contributed by atoms with E-state index in [4.69, 9.17) is 14.5 Å². The van der Waals surface area contributed by atoms with Crippen LogP contribution in [0.5, 0.6) is 11.5 Å². The summed E-state index contributed by atoms with van der Waals surface area (Å²) in [5.41, 5.74) is 1.10. The van der Waals surface area contributed by atoms with Gasteiger partial charge < -0.3 is 24.6 Å². The van der Waals surface area contributed by atoms with Gasteiger partial charge in [-0.2, -0.15) is 0 Å². The molecule has 0 bridgehead atoms. The molecule has 1 N–H and O–H groups in total. The Labute approximate surface area is 205 Å². The monoisotopic (exact) mass is 544 g/mol. The van der Waals surface area contributed by atoms with E-state index in [0.717, 1.165) is 49.6 Å². The fraction of sp³-hybridized carbons (Fsp3) is 0.708. The highest BCUT2D eigenvalue weighted by Gasteiger charge is 2.28. The maximum Gasteiger partial charge on any atom is 0.193 e. The summed E-state index contributed by atoms with van der Waals surface area (Å²) in [7, 11) is 3.35. The highest BCUT2D eigenvalue weighted by Crippen LogP contribution is 2.33. The second-order valence-corrected chi connectivity index (χ2v) is 9.23. The first-order chi connectivity index (χ1) is 14.5. The fourth-order valence-corrected chi connectivity index (χ4v) is 4.55. The molecule has 2 aliphatic rings. The van der Waals surface area contributed by atoms with Gasteiger partial charge in [-0.15, -0.1) is 24.0 Å². The van der Waals surface area contributed by atoms with Gasteiger partial charge in [0.1, 0.15) is 0 Å². The topological polar surface area (TPSA) is 49.3 Å². The van der Waals surface area contributed by atoms with Crippen LogP contribution < -0.4 is 14.8 Å². The number of ether oxygens (including phenoxy) is 2. The summed E-state index contributed by atoms with van der Waals surface area (Å²) in [6.45, 7) is 14.2. The quantitative estimate of drug-likeness (QED) is 0.305. The molecule has 1 atom stereocenters. The molecule has 2 aliphatic heterocycles. The first-order valence-electron chi connectivity index (χ1n) is 11.4. The summed E-state index contributed by atoms with van der Waals surface area (Å²) >= 11 is 0. The molecule has 7 heteroatoms. The largest absolute Gasteiger partial charge is 0.493 e. The maximum atomic E-state index is 5.50. The van der Waals surface area contributed by atoms with Crippen molar-refractivity contribution in [3.63, 3.8) is 0 Å². The van der Waals surface area contributed by atoms with Crippen LogP contribution in [0.2, 0.25) is 0 Å². The summed E-state index contributed by atoms with van der Waals surface area (Å²) in [5, 5.41) is 3.52. The summed E-state index contributed by atoms with van der Waals surface area (Å²) in [6, 6.07) is 6.17. The van der Waals surface area contributed by atoms with E-state index < -0.39 is 0 Å². The third-order valence-corrected chi connectivity index (χ3v) is 6.42. The number of likely N-dealkylation sites (tertiary alicyclic amines) is 2. The van der Waals surface area contributed by atoms with Crippen molar-refractivity contribution in [2.24, 2.45) is 10.9 Å². The van der Waals surface area contributed by atoms with Crippen LogP contribution >= 0.6 is 24.0 Å². The lowest BCUT2D eigenvalue weighted by Gasteiger charge is -2.27. The average Bonchev–Trinajstić information content (AvgIpc) is 3.43. The van der Waals surface area contributed by atoms with Crippen molar-refractivity contribution in [1.29, 1.82) is 0 Å². The predicted octanol–water partition coefficient (Wildman–Crippen LogP) is 3.98. The van der Waals surface area contributed by atoms with Crippen molar-refractivity contribution in [3.05, 3.63) is 23.8 Å². The van der Waals surface area contributed by atoms with Gasteiger partial charge in [-0.25, -0.2) is 0 Å². The number of halogens is 1. The van der Waals surface area contributed by atoms with Crippen molar-refractivity contribution in [3.8, 4) is 11.5 Å². The van der Waals surface area contributed by atoms with Crippen LogP contribution in [0.1, 0.15) is 45.6 Å². The number of nitrogens with one attached hydrogen (secondary N) is 1. The molecule has 0 amide bonds. The van der Waals surface area contributed by atoms with Crippen molar-refractivity contribution in [2.45, 2.75) is 45.4 Å². The molecule has 2 saturated heterocycles. The van der Waals surface area contributed by atoms with Crippen LogP contribution in [0.3, 0.4) is 0 Å². The van der Waals surface area contributed by atoms with Crippen LogP contribution in [-0.2, 0) is 5.41 Å². The van der Waals surface area contributed by atoms with E-state index in [9.17, 15) is 0 Å². The van der Waals surface area contributed by atoms with Crippen LogP contribution in [-0.4, -0.2) is 75.8 Å². The lowest BCUT2D eigenvalue weighted by Crippen LogP contribution is -2.41. The smallest absolute Gasteiger partial charge is 0.193 e. The van der Waals surface area contributed by atoms with Gasteiger partial charge in [-0.05, 0) is 62.9 Å². The third-order valence-electron chi connectivity index (χ3n) is 6.42. The van der Waals surface area contributed by atoms with Gasteiger partial charge in [0.2, 0.25) is 0 Å². The minimum atomic E-state index is -0.102. The molecule has 2 heterocycles. The number of nitrogens with zero attached hydrogens (tertiary/aromatic N) is 3. The van der Waals surface area contributed by atoms with Crippen LogP contribution in [0.25, 0.3) is 0 Å². The van der Waals surface area contributed by atoms with Gasteiger partial charge in [-0.3, -0.25) is 4.99 Å². The van der Waals surface area contributed by atoms with Crippen LogP contribution in [0.4, 0.5) is 0 Å². The van der Waals surface area contributed by atoms with E-state index in [2.05, 4.69) is 48.0 Å². The molecule has 0 spiro atoms. The molecule has 1 unspecified atom stereocenters. The van der Waals surface area contributed by atoms with E-state index in [1.165, 1.54) is 44.5 Å². The molecule has 31 heavy (non-hydrogen) atoms. The standard InChI is InChI=1S/C24H40N4O2.HI/c1-6-25-23(28-14-11-19(17-28)16-27-12-7-8-13-27)26-18-24(2,3)20-9-10-21(29-4)22(15-20)30-5;/h9-10,15,19H,6-8,11-14,16-18H2,1-5H3,(H,25,26);1H. The van der Waals surface area contributed by atoms with Crippen molar-refractivity contribution < 1.29 is 9.47 Å². The summed E-state index contributed by atoms with van der Waals surface area (Å²) in [5.74, 6) is 3.33. The Bertz CT molecular complexity index is 720. The van der Waals surface area contributed by atoms with Crippen molar-refractivity contribution in [2.75, 3.05) is 60.0 Å². The molecule has 2 fully saturated rings. The summed E-state index contributed by atoms with van der Waals surface area (Å²) in [6.07, 6.45) is 4.00. The Kier molecular flexibility index (Phi) is 10.2. The lowest BCUT2D eigenvalue weighted by atomic mass is 9.84. The zero-order chi connectivity index (χ0) is 21.6. The Morgan fingerprint density at radius 1 is 1.13 bits per heavy atom. The number of benzene rings is 1. The van der Waals surface area contributed by atoms with Crippen LogP contribution in [0.15, 0.2) is 23.2 Å². The van der Waals surface area contributed by atoms with E-state index in [1.807, 2.05) is 6.07 Å². The van der Waals surface area contributed by atoms with Gasteiger partial charge >= 0.3 is 0 Å². The van der Waals surface area contributed by atoms with E-state index in [1.54, 1.807) is 14.2 Å². The fourth-order valence-electron chi connectivity index (χ4n) is 4.55. The molecule has 0 aromatic heterocycles. The highest BCUT2D eigenvalue weighted by molar-refractivity contribution is 14.0. The second kappa shape index (κ2) is 12.1. The first kappa shape index (κ1) is 26.0. The molecule has 0 saturated carbocycles. The van der Waals surface area contributed by atoms with Crippen LogP contribution in [0, 0.1) is 5.92 Å². The summed E-state index contributed by atoms with van der Waals surface area (Å²) in [4.78, 5) is 10.1. The number of hydrogen-bond donors (Lipinski definition) is 1. The second-order valence-electron chi connectivity index (χ2n) is 9.23. The molecule has 0 radical (unpaired) electrons. The maximum absolute atomic E-state index is 5.50. The Balaban J connectivity index is 0.00000341. The lowest BCUT2D eigenvalue weighted by molar-refractivity contribution is 0.281. The Morgan fingerprint density at radius 3 is 2.48 bits per heavy atom. The minimum absolute atomic E-state index is 0. The summed E-state index contributed by atoms with van der Waals surface area (Å²) < 4.78 is 10.9. The molecule has 1 aromatic carbocycles. The van der Waals surface area contributed by atoms with Gasteiger partial charge in [-0.1, -0.05) is 19.9 Å². The average molecular weight is 545 g/mol. The van der Waals surface area contributed by atoms with E-state index >= 15 is 0 Å². The molecule has 1 aromatic rings. The number of hydrogen-bond acceptors (Lipinski definition) is 4. The first-order valence-corrected chi connectivity index (χ1v) is 11.4. The van der Waals surface area contributed by atoms with E-state index in [-0.39, 0.29) is 29.4 Å². The molecule has 6 nitrogen and oxygen atoms in total. The van der Waals surface area contributed by atoms with Gasteiger partial charge in [0, 0.05) is 31.6 Å². The van der Waals surface area contributed by atoms with Crippen molar-refractivity contribution in [1.82, 2.24) is 15.1 Å². The molecule has 0 aliphatic carbocycles. The molecular weight excluding hydrogens is 503 g/mol. The zero-order valence-corrected chi connectivity index (χ0v) is 22.3. The Morgan fingerprint density at radius 2 is 1.84 bits per heavy atom. The zero-order valence-electron chi connectivity index (χ0n) is 19.9. The number of methoxy groups -OCH3 is 2. The van der Waals surface area contributed by atoms with E-state index in [0.29, 0.717) is 0 Å². The predicted molar refractivity (Wildman–Crippen MR) is 139 cm³/mol. The molecule has 3 rings (SSSR count).